The third-order valence-corrected chi connectivity index (χ3v) is 1.54. The summed E-state index contributed by atoms with van der Waals surface area (Å²) in [4.78, 5) is 28.0. The lowest BCUT2D eigenvalue weighted by Crippen LogP contribution is -2.03. The highest BCUT2D eigenvalue weighted by molar-refractivity contribution is 6.28. The van der Waals surface area contributed by atoms with Gasteiger partial charge in [0.25, 0.3) is 11.8 Å². The Morgan fingerprint density at radius 2 is 1.40 bits per heavy atom. The molecule has 0 aromatic rings. The van der Waals surface area contributed by atoms with Crippen molar-refractivity contribution in [3.8, 4) is 0 Å². The molecule has 0 heterocycles. The standard InChI is InChI=1S/C8H10Cl2N2O3/c9-5-7(13)11-1-3-15-4-2-12-8(14)6-10/h1-2H,3-6H2. The van der Waals surface area contributed by atoms with Crippen molar-refractivity contribution in [2.75, 3.05) is 25.0 Å². The Morgan fingerprint density at radius 3 is 1.73 bits per heavy atom. The van der Waals surface area contributed by atoms with Gasteiger partial charge in [-0.1, -0.05) is 0 Å². The Hall–Kier alpha value is -0.780. The highest BCUT2D eigenvalue weighted by atomic mass is 35.5. The van der Waals surface area contributed by atoms with Crippen LogP contribution in [0.2, 0.25) is 0 Å². The molecule has 0 N–H and O–H groups in total. The van der Waals surface area contributed by atoms with Gasteiger partial charge in [0.2, 0.25) is 0 Å². The fourth-order valence-corrected chi connectivity index (χ4v) is 0.659. The van der Waals surface area contributed by atoms with E-state index in [0.29, 0.717) is 0 Å². The molecule has 0 radical (unpaired) electrons. The zero-order valence-electron chi connectivity index (χ0n) is 7.86. The van der Waals surface area contributed by atoms with Gasteiger partial charge in [0.1, 0.15) is 11.8 Å². The van der Waals surface area contributed by atoms with Gasteiger partial charge >= 0.3 is 0 Å². The Labute approximate surface area is 97.1 Å². The van der Waals surface area contributed by atoms with Gasteiger partial charge in [-0.2, -0.15) is 0 Å². The van der Waals surface area contributed by atoms with E-state index in [2.05, 4.69) is 9.98 Å². The average Bonchev–Trinajstić information content (AvgIpc) is 2.26. The number of hydrogen-bond donors (Lipinski definition) is 0. The number of alkyl halides is 2. The Balaban J connectivity index is 3.47. The highest BCUT2D eigenvalue weighted by Crippen LogP contribution is 1.81. The van der Waals surface area contributed by atoms with Crippen LogP contribution in [0, 0.1) is 0 Å². The first kappa shape index (κ1) is 14.2. The van der Waals surface area contributed by atoms with E-state index >= 15 is 0 Å². The normalized spacial score (nSPS) is 11.3. The van der Waals surface area contributed by atoms with Crippen molar-refractivity contribution >= 4 is 47.4 Å². The summed E-state index contributed by atoms with van der Waals surface area (Å²) in [5.74, 6) is -1.15. The summed E-state index contributed by atoms with van der Waals surface area (Å²) in [6.07, 6.45) is 2.59. The summed E-state index contributed by atoms with van der Waals surface area (Å²) in [6, 6.07) is 0. The zero-order chi connectivity index (χ0) is 11.5. The number of rotatable bonds is 6. The SMILES string of the molecule is O=C(CCl)N=CCOCC=NC(=O)CCl. The minimum absolute atomic E-state index is 0.151. The molecule has 15 heavy (non-hydrogen) atoms. The number of carbonyl (C=O) groups excluding carboxylic acids is 2. The molecule has 0 unspecified atom stereocenters. The molecular formula is C8H10Cl2N2O3. The van der Waals surface area contributed by atoms with Crippen LogP contribution in [0.1, 0.15) is 0 Å². The number of hydrogen-bond acceptors (Lipinski definition) is 3. The van der Waals surface area contributed by atoms with Crippen molar-refractivity contribution in [3.05, 3.63) is 0 Å². The van der Waals surface area contributed by atoms with E-state index in [0.717, 1.165) is 0 Å². The molecule has 0 saturated heterocycles. The summed E-state index contributed by atoms with van der Waals surface area (Å²) in [5.41, 5.74) is 0. The van der Waals surface area contributed by atoms with E-state index in [1.807, 2.05) is 0 Å². The minimum Gasteiger partial charge on any atom is -0.370 e. The molecule has 0 bridgehead atoms. The molecular weight excluding hydrogens is 243 g/mol. The number of nitrogens with zero attached hydrogens (tertiary/aromatic N) is 2. The van der Waals surface area contributed by atoms with Gasteiger partial charge in [-0.15, -0.1) is 23.2 Å². The first-order valence-electron chi connectivity index (χ1n) is 4.01. The third-order valence-electron chi connectivity index (χ3n) is 1.08. The van der Waals surface area contributed by atoms with E-state index in [4.69, 9.17) is 27.9 Å². The molecule has 7 heteroatoms. The topological polar surface area (TPSA) is 68.1 Å². The van der Waals surface area contributed by atoms with Crippen LogP contribution < -0.4 is 0 Å². The fraction of sp³-hybridized carbons (Fsp3) is 0.500. The van der Waals surface area contributed by atoms with Gasteiger partial charge < -0.3 is 4.74 Å². The van der Waals surface area contributed by atoms with Gasteiger partial charge in [-0.25, -0.2) is 9.98 Å². The third kappa shape index (κ3) is 9.52. The van der Waals surface area contributed by atoms with Crippen molar-refractivity contribution < 1.29 is 14.3 Å². The smallest absolute Gasteiger partial charge is 0.260 e. The number of ether oxygens (including phenoxy) is 1. The zero-order valence-corrected chi connectivity index (χ0v) is 9.37. The van der Waals surface area contributed by atoms with Crippen LogP contribution in [0.3, 0.4) is 0 Å². The van der Waals surface area contributed by atoms with Crippen LogP contribution in [0.25, 0.3) is 0 Å². The molecule has 0 saturated carbocycles. The lowest BCUT2D eigenvalue weighted by molar-refractivity contribution is -0.116. The number of aliphatic imine (C=N–C) groups is 2. The van der Waals surface area contributed by atoms with Crippen LogP contribution in [0.15, 0.2) is 9.98 Å². The van der Waals surface area contributed by atoms with Crippen LogP contribution in [-0.4, -0.2) is 49.2 Å². The van der Waals surface area contributed by atoms with Gasteiger partial charge in [0, 0.05) is 12.4 Å². The molecule has 0 aromatic heterocycles. The summed E-state index contributed by atoms with van der Waals surface area (Å²) in [6.45, 7) is 0.313. The maximum atomic E-state index is 10.6. The van der Waals surface area contributed by atoms with Crippen molar-refractivity contribution in [1.82, 2.24) is 0 Å². The van der Waals surface area contributed by atoms with Crippen molar-refractivity contribution in [1.29, 1.82) is 0 Å². The van der Waals surface area contributed by atoms with E-state index in [1.165, 1.54) is 12.4 Å². The molecule has 0 aliphatic rings. The first-order chi connectivity index (χ1) is 7.20. The second kappa shape index (κ2) is 9.76. The monoisotopic (exact) mass is 252 g/mol. The predicted octanol–water partition coefficient (Wildman–Crippen LogP) is 0.675. The second-order valence-corrected chi connectivity index (χ2v) is 2.75. The average molecular weight is 253 g/mol. The predicted molar refractivity (Wildman–Crippen MR) is 59.3 cm³/mol. The molecule has 2 amide bonds. The van der Waals surface area contributed by atoms with Crippen molar-refractivity contribution in [2.45, 2.75) is 0 Å². The maximum absolute atomic E-state index is 10.6. The first-order valence-corrected chi connectivity index (χ1v) is 5.08. The Morgan fingerprint density at radius 1 is 1.00 bits per heavy atom. The molecule has 0 rings (SSSR count). The molecule has 0 aliphatic carbocycles. The van der Waals surface area contributed by atoms with Crippen LogP contribution in [0.5, 0.6) is 0 Å². The maximum Gasteiger partial charge on any atom is 0.260 e. The second-order valence-electron chi connectivity index (χ2n) is 2.22. The van der Waals surface area contributed by atoms with Crippen LogP contribution >= 0.6 is 23.2 Å². The number of carbonyl (C=O) groups is 2. The summed E-state index contributed by atoms with van der Waals surface area (Å²) < 4.78 is 4.93. The van der Waals surface area contributed by atoms with Crippen molar-refractivity contribution in [3.63, 3.8) is 0 Å². The molecule has 0 spiro atoms. The molecule has 0 aliphatic heterocycles. The van der Waals surface area contributed by atoms with Crippen molar-refractivity contribution in [2.24, 2.45) is 9.98 Å². The van der Waals surface area contributed by atoms with Crippen LogP contribution in [-0.2, 0) is 14.3 Å². The van der Waals surface area contributed by atoms with Gasteiger partial charge in [-0.3, -0.25) is 9.59 Å². The minimum atomic E-state index is -0.425. The summed E-state index contributed by atoms with van der Waals surface area (Å²) in [7, 11) is 0. The molecule has 0 aromatic carbocycles. The van der Waals surface area contributed by atoms with Gasteiger partial charge in [-0.05, 0) is 0 Å². The van der Waals surface area contributed by atoms with E-state index in [1.54, 1.807) is 0 Å². The summed E-state index contributed by atoms with van der Waals surface area (Å²) >= 11 is 10.4. The molecule has 0 atom stereocenters. The Kier molecular flexibility index (Phi) is 9.26. The van der Waals surface area contributed by atoms with E-state index in [-0.39, 0.29) is 25.0 Å². The molecule has 84 valence electrons. The van der Waals surface area contributed by atoms with Gasteiger partial charge in [0.15, 0.2) is 0 Å². The lowest BCUT2D eigenvalue weighted by Gasteiger charge is -1.92. The molecule has 5 nitrogen and oxygen atoms in total. The van der Waals surface area contributed by atoms with E-state index < -0.39 is 11.8 Å². The Bertz CT molecular complexity index is 241. The fourth-order valence-electron chi connectivity index (χ4n) is 0.521. The lowest BCUT2D eigenvalue weighted by atomic mass is 10.6. The van der Waals surface area contributed by atoms with Gasteiger partial charge in [0.05, 0.1) is 13.2 Å². The highest BCUT2D eigenvalue weighted by Gasteiger charge is 1.92. The number of halogens is 2. The quantitative estimate of drug-likeness (QED) is 0.397. The summed E-state index contributed by atoms with van der Waals surface area (Å²) in [5, 5.41) is 0. The largest absolute Gasteiger partial charge is 0.370 e. The number of amides is 2. The van der Waals surface area contributed by atoms with E-state index in [9.17, 15) is 9.59 Å². The molecule has 0 fully saturated rings. The van der Waals surface area contributed by atoms with Crippen LogP contribution in [0.4, 0.5) is 0 Å².